The van der Waals surface area contributed by atoms with Gasteiger partial charge in [0.25, 0.3) is 0 Å². The van der Waals surface area contributed by atoms with E-state index in [1.54, 1.807) is 17.6 Å². The number of aromatic amines is 1. The van der Waals surface area contributed by atoms with E-state index in [9.17, 15) is 23.7 Å². The molecule has 4 aromatic rings. The van der Waals surface area contributed by atoms with Crippen molar-refractivity contribution in [1.82, 2.24) is 14.5 Å². The molecule has 3 heterocycles. The topological polar surface area (TPSA) is 104 Å². The van der Waals surface area contributed by atoms with Crippen LogP contribution in [-0.2, 0) is 0 Å². The lowest BCUT2D eigenvalue weighted by Crippen LogP contribution is -2.16. The van der Waals surface area contributed by atoms with E-state index < -0.39 is 12.1 Å². The summed E-state index contributed by atoms with van der Waals surface area (Å²) in [6, 6.07) is 9.82. The summed E-state index contributed by atoms with van der Waals surface area (Å²) in [5.41, 5.74) is 4.30. The Hall–Kier alpha value is -4.44. The molecule has 0 saturated heterocycles. The first kappa shape index (κ1) is 22.7. The molecule has 1 N–H and O–H groups in total. The number of hydrogen-bond donors (Lipinski definition) is 1. The van der Waals surface area contributed by atoms with Gasteiger partial charge in [-0.1, -0.05) is 0 Å². The average Bonchev–Trinajstić information content (AvgIpc) is 3.38. The van der Waals surface area contributed by atoms with Crippen LogP contribution in [0, 0.1) is 50.4 Å². The molecule has 1 aromatic carbocycles. The molecule has 7 nitrogen and oxygen atoms in total. The van der Waals surface area contributed by atoms with Gasteiger partial charge >= 0.3 is 6.36 Å². The van der Waals surface area contributed by atoms with Gasteiger partial charge in [-0.25, -0.2) is 4.98 Å². The number of furan rings is 1. The predicted octanol–water partition coefficient (Wildman–Crippen LogP) is 6.01. The smallest absolute Gasteiger partial charge is 0.443 e. The molecule has 0 saturated carbocycles. The number of aromatic nitrogens is 3. The Bertz CT molecular complexity index is 1540. The first-order chi connectivity index (χ1) is 16.0. The maximum Gasteiger partial charge on any atom is 0.573 e. The zero-order chi connectivity index (χ0) is 24.8. The second-order valence-electron chi connectivity index (χ2n) is 7.72. The fourth-order valence-electron chi connectivity index (χ4n) is 3.77. The second-order valence-corrected chi connectivity index (χ2v) is 7.72. The van der Waals surface area contributed by atoms with Gasteiger partial charge < -0.3 is 14.1 Å². The van der Waals surface area contributed by atoms with Crippen molar-refractivity contribution in [2.45, 2.75) is 34.1 Å². The van der Waals surface area contributed by atoms with E-state index >= 15 is 0 Å². The fourth-order valence-corrected chi connectivity index (χ4v) is 3.77. The summed E-state index contributed by atoms with van der Waals surface area (Å²) >= 11 is 0. The molecular formula is C24H18F3N5O2. The van der Waals surface area contributed by atoms with Crippen molar-refractivity contribution in [3.05, 3.63) is 63.9 Å². The standard InChI is InChI=1S/C24H18F3N5O2/c1-12-7-16(14(3)32(12)23-19(11-29)13(2)15(4)33-23)8-17(10-28)22-30-20-6-5-18(9-21(20)31-22)34-24(25,26)27/h5-9H,1-4H3,(H,30,31). The molecule has 0 bridgehead atoms. The van der Waals surface area contributed by atoms with Crippen LogP contribution in [0.15, 0.2) is 28.7 Å². The van der Waals surface area contributed by atoms with Crippen LogP contribution in [0.2, 0.25) is 0 Å². The monoisotopic (exact) mass is 465 g/mol. The lowest BCUT2D eigenvalue weighted by molar-refractivity contribution is -0.274. The first-order valence-corrected chi connectivity index (χ1v) is 10.1. The maximum atomic E-state index is 12.5. The number of halogens is 3. The van der Waals surface area contributed by atoms with E-state index in [2.05, 4.69) is 26.8 Å². The highest BCUT2D eigenvalue weighted by Gasteiger charge is 2.31. The van der Waals surface area contributed by atoms with Crippen molar-refractivity contribution < 1.29 is 22.3 Å². The third kappa shape index (κ3) is 4.02. The first-order valence-electron chi connectivity index (χ1n) is 10.1. The van der Waals surface area contributed by atoms with Crippen LogP contribution in [-0.4, -0.2) is 20.9 Å². The van der Waals surface area contributed by atoms with Crippen LogP contribution in [0.25, 0.3) is 28.6 Å². The number of allylic oxidation sites excluding steroid dienone is 1. The van der Waals surface area contributed by atoms with E-state index in [-0.39, 0.29) is 11.4 Å². The number of ether oxygens (including phenoxy) is 1. The van der Waals surface area contributed by atoms with Crippen molar-refractivity contribution >= 4 is 22.7 Å². The van der Waals surface area contributed by atoms with E-state index in [1.807, 2.05) is 26.8 Å². The quantitative estimate of drug-likeness (QED) is 0.372. The Balaban J connectivity index is 1.76. The highest BCUT2D eigenvalue weighted by Crippen LogP contribution is 2.31. The number of aryl methyl sites for hydroxylation is 2. The number of H-pyrrole nitrogens is 1. The minimum atomic E-state index is -4.81. The highest BCUT2D eigenvalue weighted by atomic mass is 19.4. The Labute approximate surface area is 192 Å². The number of hydrogen-bond acceptors (Lipinski definition) is 5. The van der Waals surface area contributed by atoms with Gasteiger partial charge in [0, 0.05) is 23.0 Å². The Kier molecular flexibility index (Phi) is 5.46. The molecular weight excluding hydrogens is 447 g/mol. The number of benzene rings is 1. The lowest BCUT2D eigenvalue weighted by Gasteiger charge is -2.07. The SMILES string of the molecule is Cc1oc(-n2c(C)cc(C=C(C#N)c3nc4ccc(OC(F)(F)F)cc4[nH]3)c2C)c(C#N)c1C. The molecule has 0 amide bonds. The third-order valence-electron chi connectivity index (χ3n) is 5.51. The summed E-state index contributed by atoms with van der Waals surface area (Å²) < 4.78 is 49.1. The van der Waals surface area contributed by atoms with Crippen LogP contribution in [0.5, 0.6) is 5.75 Å². The number of nitrogens with one attached hydrogen (secondary N) is 1. The van der Waals surface area contributed by atoms with Crippen molar-refractivity contribution in [2.75, 3.05) is 0 Å². The van der Waals surface area contributed by atoms with E-state index in [1.165, 1.54) is 12.1 Å². The van der Waals surface area contributed by atoms with E-state index in [0.717, 1.165) is 23.0 Å². The maximum absolute atomic E-state index is 12.5. The molecule has 172 valence electrons. The average molecular weight is 465 g/mol. The highest BCUT2D eigenvalue weighted by molar-refractivity contribution is 5.91. The van der Waals surface area contributed by atoms with Crippen LogP contribution in [0.1, 0.15) is 39.7 Å². The van der Waals surface area contributed by atoms with E-state index in [4.69, 9.17) is 4.42 Å². The molecule has 0 aliphatic rings. The molecule has 10 heteroatoms. The van der Waals surface area contributed by atoms with Crippen molar-refractivity contribution in [3.8, 4) is 23.8 Å². The number of imidazole rings is 1. The van der Waals surface area contributed by atoms with Gasteiger partial charge in [-0.2, -0.15) is 10.5 Å². The molecule has 0 radical (unpaired) electrons. The second kappa shape index (κ2) is 8.16. The zero-order valence-corrected chi connectivity index (χ0v) is 18.6. The minimum absolute atomic E-state index is 0.182. The summed E-state index contributed by atoms with van der Waals surface area (Å²) in [7, 11) is 0. The summed E-state index contributed by atoms with van der Waals surface area (Å²) in [6.45, 7) is 7.29. The van der Waals surface area contributed by atoms with Crippen LogP contribution in [0.4, 0.5) is 13.2 Å². The largest absolute Gasteiger partial charge is 0.573 e. The Morgan fingerprint density at radius 3 is 2.56 bits per heavy atom. The summed E-state index contributed by atoms with van der Waals surface area (Å²) in [6.07, 6.45) is -3.19. The molecule has 0 fully saturated rings. The van der Waals surface area contributed by atoms with Gasteiger partial charge in [0.05, 0.1) is 16.6 Å². The summed E-state index contributed by atoms with van der Waals surface area (Å²) in [5.74, 6) is 0.865. The van der Waals surface area contributed by atoms with Crippen molar-refractivity contribution in [2.24, 2.45) is 0 Å². The summed E-state index contributed by atoms with van der Waals surface area (Å²) in [5, 5.41) is 19.3. The van der Waals surface area contributed by atoms with Crippen LogP contribution >= 0.6 is 0 Å². The molecule has 0 spiro atoms. The van der Waals surface area contributed by atoms with Gasteiger partial charge in [0.1, 0.15) is 35.0 Å². The lowest BCUT2D eigenvalue weighted by atomic mass is 10.1. The molecule has 0 aliphatic carbocycles. The normalized spacial score (nSPS) is 12.1. The van der Waals surface area contributed by atoms with Gasteiger partial charge in [-0.15, -0.1) is 13.2 Å². The van der Waals surface area contributed by atoms with Crippen molar-refractivity contribution in [3.63, 3.8) is 0 Å². The van der Waals surface area contributed by atoms with Gasteiger partial charge in [0.15, 0.2) is 0 Å². The molecule has 34 heavy (non-hydrogen) atoms. The number of nitriles is 2. The number of nitrogens with zero attached hydrogens (tertiary/aromatic N) is 4. The van der Waals surface area contributed by atoms with Gasteiger partial charge in [0.2, 0.25) is 5.88 Å². The molecule has 0 aliphatic heterocycles. The number of alkyl halides is 3. The van der Waals surface area contributed by atoms with E-state index in [0.29, 0.717) is 33.8 Å². The third-order valence-corrected chi connectivity index (χ3v) is 5.51. The molecule has 0 unspecified atom stereocenters. The van der Waals surface area contributed by atoms with Gasteiger partial charge in [-0.05, 0) is 57.5 Å². The van der Waals surface area contributed by atoms with Crippen LogP contribution in [0.3, 0.4) is 0 Å². The minimum Gasteiger partial charge on any atom is -0.443 e. The fraction of sp³-hybridized carbons (Fsp3) is 0.208. The number of fused-ring (bicyclic) bond motifs is 1. The number of rotatable bonds is 4. The molecule has 3 aromatic heterocycles. The Morgan fingerprint density at radius 2 is 1.91 bits per heavy atom. The van der Waals surface area contributed by atoms with Gasteiger partial charge in [-0.3, -0.25) is 4.57 Å². The zero-order valence-electron chi connectivity index (χ0n) is 18.6. The Morgan fingerprint density at radius 1 is 1.18 bits per heavy atom. The molecule has 0 atom stereocenters. The summed E-state index contributed by atoms with van der Waals surface area (Å²) in [4.78, 5) is 7.20. The predicted molar refractivity (Wildman–Crippen MR) is 118 cm³/mol. The van der Waals surface area contributed by atoms with Crippen molar-refractivity contribution in [1.29, 1.82) is 10.5 Å². The van der Waals surface area contributed by atoms with Crippen LogP contribution < -0.4 is 4.74 Å². The molecule has 4 rings (SSSR count).